The van der Waals surface area contributed by atoms with E-state index in [1.165, 1.54) is 5.56 Å². The molecule has 0 fully saturated rings. The summed E-state index contributed by atoms with van der Waals surface area (Å²) in [6.07, 6.45) is 3.42. The highest BCUT2D eigenvalue weighted by Crippen LogP contribution is 2.25. The third-order valence-corrected chi connectivity index (χ3v) is 3.15. The lowest BCUT2D eigenvalue weighted by molar-refractivity contribution is 0.311. The fourth-order valence-corrected chi connectivity index (χ4v) is 2.19. The predicted octanol–water partition coefficient (Wildman–Crippen LogP) is 3.52. The Balaban J connectivity index is 1.69. The molecule has 0 aliphatic heterocycles. The van der Waals surface area contributed by atoms with Gasteiger partial charge in [-0.25, -0.2) is 0 Å². The molecule has 2 aromatic rings. The average molecular weight is 310 g/mol. The zero-order valence-corrected chi connectivity index (χ0v) is 11.9. The lowest BCUT2D eigenvalue weighted by Gasteiger charge is -2.09. The largest absolute Gasteiger partial charge is 0.491 e. The van der Waals surface area contributed by atoms with Gasteiger partial charge in [0.2, 0.25) is 0 Å². The molecular weight excluding hydrogens is 294 g/mol. The number of furan rings is 1. The molecule has 0 amide bonds. The lowest BCUT2D eigenvalue weighted by Crippen LogP contribution is -2.20. The fraction of sp³-hybridized carbons (Fsp3) is 0.286. The van der Waals surface area contributed by atoms with Crippen LogP contribution in [0.15, 0.2) is 45.7 Å². The number of hydrogen-bond donors (Lipinski definition) is 1. The number of rotatable bonds is 6. The van der Waals surface area contributed by atoms with Crippen molar-refractivity contribution in [1.82, 2.24) is 5.32 Å². The lowest BCUT2D eigenvalue weighted by atomic mass is 10.2. The zero-order valence-electron chi connectivity index (χ0n) is 10.3. The maximum Gasteiger partial charge on any atom is 0.133 e. The predicted molar refractivity (Wildman–Crippen MR) is 74.8 cm³/mol. The van der Waals surface area contributed by atoms with Crippen molar-refractivity contribution in [2.45, 2.75) is 13.5 Å². The van der Waals surface area contributed by atoms with Gasteiger partial charge in [0.15, 0.2) is 0 Å². The molecule has 3 nitrogen and oxygen atoms in total. The zero-order chi connectivity index (χ0) is 12.8. The third kappa shape index (κ3) is 3.89. The first-order valence-electron chi connectivity index (χ1n) is 5.86. The summed E-state index contributed by atoms with van der Waals surface area (Å²) in [5.74, 6) is 0.880. The molecule has 0 aliphatic rings. The van der Waals surface area contributed by atoms with Crippen LogP contribution in [-0.4, -0.2) is 13.2 Å². The molecule has 0 bridgehead atoms. The third-order valence-electron chi connectivity index (χ3n) is 2.53. The van der Waals surface area contributed by atoms with Crippen LogP contribution in [0.3, 0.4) is 0 Å². The average Bonchev–Trinajstić information content (AvgIpc) is 2.84. The first-order valence-corrected chi connectivity index (χ1v) is 6.66. The van der Waals surface area contributed by atoms with Gasteiger partial charge in [-0.05, 0) is 46.6 Å². The minimum absolute atomic E-state index is 0.638. The molecule has 1 N–H and O–H groups in total. The summed E-state index contributed by atoms with van der Waals surface area (Å²) in [6, 6.07) is 8.02. The first kappa shape index (κ1) is 13.2. The summed E-state index contributed by atoms with van der Waals surface area (Å²) in [5, 5.41) is 3.29. The van der Waals surface area contributed by atoms with Crippen molar-refractivity contribution in [3.8, 4) is 5.75 Å². The van der Waals surface area contributed by atoms with Crippen LogP contribution >= 0.6 is 15.9 Å². The Hall–Kier alpha value is -1.26. The molecule has 0 saturated carbocycles. The molecule has 18 heavy (non-hydrogen) atoms. The summed E-state index contributed by atoms with van der Waals surface area (Å²) in [7, 11) is 0. The highest BCUT2D eigenvalue weighted by molar-refractivity contribution is 9.10. The topological polar surface area (TPSA) is 34.4 Å². The van der Waals surface area contributed by atoms with E-state index in [9.17, 15) is 0 Å². The van der Waals surface area contributed by atoms with Gasteiger partial charge in [-0.15, -0.1) is 0 Å². The van der Waals surface area contributed by atoms with Crippen LogP contribution < -0.4 is 10.1 Å². The normalized spacial score (nSPS) is 10.6. The van der Waals surface area contributed by atoms with Gasteiger partial charge in [-0.2, -0.15) is 0 Å². The Bertz CT molecular complexity index is 483. The van der Waals surface area contributed by atoms with Gasteiger partial charge in [0, 0.05) is 18.7 Å². The molecule has 1 aromatic carbocycles. The highest BCUT2D eigenvalue weighted by Gasteiger charge is 2.00. The van der Waals surface area contributed by atoms with E-state index in [2.05, 4.69) is 28.2 Å². The van der Waals surface area contributed by atoms with E-state index in [0.717, 1.165) is 28.9 Å². The van der Waals surface area contributed by atoms with Crippen LogP contribution in [0, 0.1) is 6.92 Å². The van der Waals surface area contributed by atoms with Crippen LogP contribution in [0.25, 0.3) is 0 Å². The number of aryl methyl sites for hydroxylation is 1. The molecule has 2 rings (SSSR count). The summed E-state index contributed by atoms with van der Waals surface area (Å²) >= 11 is 3.49. The van der Waals surface area contributed by atoms with Gasteiger partial charge in [-0.1, -0.05) is 6.07 Å². The van der Waals surface area contributed by atoms with E-state index in [0.29, 0.717) is 6.61 Å². The van der Waals surface area contributed by atoms with Gasteiger partial charge in [0.05, 0.1) is 17.0 Å². The first-order chi connectivity index (χ1) is 8.75. The molecule has 0 atom stereocenters. The second-order valence-electron chi connectivity index (χ2n) is 4.09. The smallest absolute Gasteiger partial charge is 0.133 e. The van der Waals surface area contributed by atoms with Crippen LogP contribution in [0.2, 0.25) is 0 Å². The Kier molecular flexibility index (Phi) is 4.84. The van der Waals surface area contributed by atoms with Crippen molar-refractivity contribution >= 4 is 15.9 Å². The molecule has 0 aliphatic carbocycles. The van der Waals surface area contributed by atoms with E-state index >= 15 is 0 Å². The van der Waals surface area contributed by atoms with E-state index in [-0.39, 0.29) is 0 Å². The Morgan fingerprint density at radius 3 is 2.94 bits per heavy atom. The summed E-state index contributed by atoms with van der Waals surface area (Å²) in [6.45, 7) is 4.29. The van der Waals surface area contributed by atoms with Crippen molar-refractivity contribution in [2.24, 2.45) is 0 Å². The SMILES string of the molecule is Cc1ccc(OCCNCc2ccoc2)c(Br)c1. The molecule has 4 heteroatoms. The summed E-state index contributed by atoms with van der Waals surface area (Å²) in [5.41, 5.74) is 2.36. The van der Waals surface area contributed by atoms with Gasteiger partial charge in [0.25, 0.3) is 0 Å². The monoisotopic (exact) mass is 309 g/mol. The maximum absolute atomic E-state index is 5.68. The van der Waals surface area contributed by atoms with Gasteiger partial charge in [-0.3, -0.25) is 0 Å². The molecule has 0 saturated heterocycles. The molecule has 0 radical (unpaired) electrons. The van der Waals surface area contributed by atoms with Crippen molar-refractivity contribution in [1.29, 1.82) is 0 Å². The van der Waals surface area contributed by atoms with Crippen molar-refractivity contribution < 1.29 is 9.15 Å². The second-order valence-corrected chi connectivity index (χ2v) is 4.95. The quantitative estimate of drug-likeness (QED) is 0.829. The Morgan fingerprint density at radius 2 is 2.22 bits per heavy atom. The van der Waals surface area contributed by atoms with E-state index in [1.807, 2.05) is 24.3 Å². The minimum Gasteiger partial charge on any atom is -0.491 e. The van der Waals surface area contributed by atoms with Gasteiger partial charge < -0.3 is 14.5 Å². The van der Waals surface area contributed by atoms with E-state index in [1.54, 1.807) is 12.5 Å². The molecule has 1 aromatic heterocycles. The maximum atomic E-state index is 5.68. The van der Waals surface area contributed by atoms with E-state index < -0.39 is 0 Å². The number of ether oxygens (including phenoxy) is 1. The van der Waals surface area contributed by atoms with Crippen LogP contribution in [0.1, 0.15) is 11.1 Å². The summed E-state index contributed by atoms with van der Waals surface area (Å²) < 4.78 is 11.7. The van der Waals surface area contributed by atoms with Crippen molar-refractivity contribution in [3.63, 3.8) is 0 Å². The van der Waals surface area contributed by atoms with E-state index in [4.69, 9.17) is 9.15 Å². The van der Waals surface area contributed by atoms with Crippen LogP contribution in [0.5, 0.6) is 5.75 Å². The molecular formula is C14H16BrNO2. The Labute approximate surface area is 115 Å². The Morgan fingerprint density at radius 1 is 1.33 bits per heavy atom. The number of nitrogens with one attached hydrogen (secondary N) is 1. The van der Waals surface area contributed by atoms with Crippen molar-refractivity contribution in [2.75, 3.05) is 13.2 Å². The molecule has 1 heterocycles. The standard InChI is InChI=1S/C14H16BrNO2/c1-11-2-3-14(13(15)8-11)18-7-5-16-9-12-4-6-17-10-12/h2-4,6,8,10,16H,5,7,9H2,1H3. The molecule has 0 unspecified atom stereocenters. The number of benzene rings is 1. The van der Waals surface area contributed by atoms with Crippen LogP contribution in [-0.2, 0) is 6.54 Å². The molecule has 0 spiro atoms. The highest BCUT2D eigenvalue weighted by atomic mass is 79.9. The second kappa shape index (κ2) is 6.61. The van der Waals surface area contributed by atoms with Gasteiger partial charge in [0.1, 0.15) is 12.4 Å². The van der Waals surface area contributed by atoms with Crippen LogP contribution in [0.4, 0.5) is 0 Å². The molecule has 96 valence electrons. The van der Waals surface area contributed by atoms with Gasteiger partial charge >= 0.3 is 0 Å². The minimum atomic E-state index is 0.638. The number of hydrogen-bond acceptors (Lipinski definition) is 3. The summed E-state index contributed by atoms with van der Waals surface area (Å²) in [4.78, 5) is 0. The fourth-order valence-electron chi connectivity index (χ4n) is 1.58. The van der Waals surface area contributed by atoms with Crippen molar-refractivity contribution in [3.05, 3.63) is 52.4 Å². The number of halogens is 1.